The second-order valence-electron chi connectivity index (χ2n) is 4.81. The van der Waals surface area contributed by atoms with Gasteiger partial charge in [0, 0.05) is 22.7 Å². The zero-order chi connectivity index (χ0) is 13.2. The number of halogens is 1. The molecule has 0 aromatic carbocycles. The number of pyridine rings is 1. The molecule has 0 bridgehead atoms. The molecular weight excluding hydrogens is 257 g/mol. The number of rotatable bonds is 6. The van der Waals surface area contributed by atoms with Gasteiger partial charge in [-0.25, -0.2) is 4.39 Å². The summed E-state index contributed by atoms with van der Waals surface area (Å²) in [5.74, 6) is -0.699. The first kappa shape index (κ1) is 13.1. The average Bonchev–Trinajstić information content (AvgIpc) is 2.95. The van der Waals surface area contributed by atoms with E-state index in [2.05, 4.69) is 4.98 Å². The first-order chi connectivity index (χ1) is 8.49. The van der Waals surface area contributed by atoms with Crippen molar-refractivity contribution < 1.29 is 18.5 Å². The van der Waals surface area contributed by atoms with E-state index in [1.54, 1.807) is 0 Å². The van der Waals surface area contributed by atoms with Crippen LogP contribution in [0.1, 0.15) is 24.8 Å². The number of carboxylic acids is 1. The van der Waals surface area contributed by atoms with Gasteiger partial charge in [0.15, 0.2) is 0 Å². The molecule has 2 rings (SSSR count). The van der Waals surface area contributed by atoms with E-state index in [1.807, 2.05) is 0 Å². The minimum absolute atomic E-state index is 0.0696. The fourth-order valence-electron chi connectivity index (χ4n) is 1.98. The topological polar surface area (TPSA) is 67.3 Å². The molecule has 1 heterocycles. The number of hydrogen-bond acceptors (Lipinski definition) is 3. The highest BCUT2D eigenvalue weighted by Gasteiger charge is 2.45. The molecule has 0 aliphatic heterocycles. The largest absolute Gasteiger partial charge is 0.481 e. The van der Waals surface area contributed by atoms with Crippen LogP contribution in [0.2, 0.25) is 0 Å². The molecular formula is C12H14FNO3S. The van der Waals surface area contributed by atoms with Gasteiger partial charge in [-0.2, -0.15) is 0 Å². The van der Waals surface area contributed by atoms with Crippen LogP contribution < -0.4 is 0 Å². The molecule has 1 atom stereocenters. The Morgan fingerprint density at radius 2 is 2.22 bits per heavy atom. The van der Waals surface area contributed by atoms with Crippen molar-refractivity contribution >= 4 is 16.8 Å². The molecule has 0 amide bonds. The summed E-state index contributed by atoms with van der Waals surface area (Å²) in [6.07, 6.45) is 4.27. The zero-order valence-electron chi connectivity index (χ0n) is 9.76. The van der Waals surface area contributed by atoms with Gasteiger partial charge in [-0.3, -0.25) is 14.0 Å². The van der Waals surface area contributed by atoms with Crippen molar-refractivity contribution in [2.75, 3.05) is 5.75 Å². The number of carboxylic acid groups (broad SMARTS) is 1. The van der Waals surface area contributed by atoms with Crippen LogP contribution in [-0.4, -0.2) is 26.0 Å². The molecule has 98 valence electrons. The van der Waals surface area contributed by atoms with E-state index in [1.165, 1.54) is 12.3 Å². The minimum atomic E-state index is -1.17. The zero-order valence-corrected chi connectivity index (χ0v) is 10.6. The Morgan fingerprint density at radius 3 is 2.78 bits per heavy atom. The number of aromatic nitrogens is 1. The predicted octanol–water partition coefficient (Wildman–Crippen LogP) is 1.72. The van der Waals surface area contributed by atoms with Crippen LogP contribution in [0.5, 0.6) is 0 Å². The highest BCUT2D eigenvalue weighted by molar-refractivity contribution is 7.84. The van der Waals surface area contributed by atoms with Gasteiger partial charge in [0.25, 0.3) is 0 Å². The Labute approximate surface area is 107 Å². The lowest BCUT2D eigenvalue weighted by Crippen LogP contribution is -2.17. The molecule has 1 aromatic rings. The predicted molar refractivity (Wildman–Crippen MR) is 64.8 cm³/mol. The van der Waals surface area contributed by atoms with Gasteiger partial charge in [0.05, 0.1) is 18.4 Å². The van der Waals surface area contributed by atoms with E-state index in [4.69, 9.17) is 5.11 Å². The van der Waals surface area contributed by atoms with E-state index < -0.39 is 22.6 Å². The van der Waals surface area contributed by atoms with Gasteiger partial charge >= 0.3 is 5.97 Å². The van der Waals surface area contributed by atoms with E-state index in [0.29, 0.717) is 11.3 Å². The lowest BCUT2D eigenvalue weighted by atomic mass is 10.1. The average molecular weight is 271 g/mol. The third-order valence-corrected chi connectivity index (χ3v) is 4.63. The van der Waals surface area contributed by atoms with Gasteiger partial charge in [-0.05, 0) is 29.9 Å². The SMILES string of the molecule is O=C(O)CC1(CS(=O)Cc2cncc(F)c2)CC1. The Hall–Kier alpha value is -1.30. The monoisotopic (exact) mass is 271 g/mol. The normalized spacial score (nSPS) is 18.3. The molecule has 18 heavy (non-hydrogen) atoms. The molecule has 0 saturated heterocycles. The lowest BCUT2D eigenvalue weighted by molar-refractivity contribution is -0.138. The summed E-state index contributed by atoms with van der Waals surface area (Å²) in [5, 5.41) is 8.77. The molecule has 1 saturated carbocycles. The second-order valence-corrected chi connectivity index (χ2v) is 6.27. The van der Waals surface area contributed by atoms with Crippen molar-refractivity contribution in [2.45, 2.75) is 25.0 Å². The smallest absolute Gasteiger partial charge is 0.303 e. The van der Waals surface area contributed by atoms with Crippen LogP contribution in [0, 0.1) is 11.2 Å². The third-order valence-electron chi connectivity index (χ3n) is 3.04. The van der Waals surface area contributed by atoms with Gasteiger partial charge in [-0.1, -0.05) is 0 Å². The molecule has 0 radical (unpaired) electrons. The van der Waals surface area contributed by atoms with Crippen LogP contribution in [0.25, 0.3) is 0 Å². The molecule has 1 aliphatic rings. The first-order valence-electron chi connectivity index (χ1n) is 5.65. The van der Waals surface area contributed by atoms with Gasteiger partial charge in [0.1, 0.15) is 5.82 Å². The second kappa shape index (κ2) is 5.14. The lowest BCUT2D eigenvalue weighted by Gasteiger charge is -2.11. The summed E-state index contributed by atoms with van der Waals surface area (Å²) in [6, 6.07) is 1.31. The van der Waals surface area contributed by atoms with Crippen LogP contribution in [0.15, 0.2) is 18.5 Å². The summed E-state index contributed by atoms with van der Waals surface area (Å²) in [6.45, 7) is 0. The summed E-state index contributed by atoms with van der Waals surface area (Å²) in [4.78, 5) is 14.4. The van der Waals surface area contributed by atoms with Crippen molar-refractivity contribution in [3.05, 3.63) is 29.8 Å². The summed E-state index contributed by atoms with van der Waals surface area (Å²) in [5.41, 5.74) is 0.289. The van der Waals surface area contributed by atoms with Crippen LogP contribution in [-0.2, 0) is 21.3 Å². The third kappa shape index (κ3) is 3.60. The van der Waals surface area contributed by atoms with E-state index >= 15 is 0 Å². The van der Waals surface area contributed by atoms with Gasteiger partial charge in [0.2, 0.25) is 0 Å². The molecule has 1 unspecified atom stereocenters. The first-order valence-corrected chi connectivity index (χ1v) is 7.14. The van der Waals surface area contributed by atoms with Gasteiger partial charge in [-0.15, -0.1) is 0 Å². The van der Waals surface area contributed by atoms with Crippen LogP contribution in [0.3, 0.4) is 0 Å². The molecule has 1 fully saturated rings. The van der Waals surface area contributed by atoms with Crippen LogP contribution in [0.4, 0.5) is 4.39 Å². The van der Waals surface area contributed by atoms with Crippen molar-refractivity contribution in [1.29, 1.82) is 0 Å². The Balaban J connectivity index is 1.91. The maximum Gasteiger partial charge on any atom is 0.303 e. The van der Waals surface area contributed by atoms with Gasteiger partial charge < -0.3 is 5.11 Å². The minimum Gasteiger partial charge on any atom is -0.481 e. The number of aliphatic carboxylic acids is 1. The Bertz CT molecular complexity index is 488. The molecule has 1 N–H and O–H groups in total. The number of hydrogen-bond donors (Lipinski definition) is 1. The fraction of sp³-hybridized carbons (Fsp3) is 0.500. The maximum atomic E-state index is 12.9. The highest BCUT2D eigenvalue weighted by Crippen LogP contribution is 2.49. The highest BCUT2D eigenvalue weighted by atomic mass is 32.2. The van der Waals surface area contributed by atoms with E-state index in [-0.39, 0.29) is 17.6 Å². The van der Waals surface area contributed by atoms with Crippen molar-refractivity contribution in [3.63, 3.8) is 0 Å². The van der Waals surface area contributed by atoms with Crippen molar-refractivity contribution in [3.8, 4) is 0 Å². The summed E-state index contributed by atoms with van der Waals surface area (Å²) >= 11 is 0. The maximum absolute atomic E-state index is 12.9. The molecule has 1 aromatic heterocycles. The van der Waals surface area contributed by atoms with Crippen LogP contribution >= 0.6 is 0 Å². The standard InChI is InChI=1S/C12H14FNO3S/c13-10-3-9(5-14-6-10)7-18(17)8-12(1-2-12)4-11(15)16/h3,5-6H,1-2,4,7-8H2,(H,15,16). The quantitative estimate of drug-likeness (QED) is 0.855. The Kier molecular flexibility index (Phi) is 3.75. The van der Waals surface area contributed by atoms with Crippen molar-refractivity contribution in [2.24, 2.45) is 5.41 Å². The summed E-state index contributed by atoms with van der Waals surface area (Å²) < 4.78 is 24.8. The number of carbonyl (C=O) groups is 1. The Morgan fingerprint density at radius 1 is 1.50 bits per heavy atom. The molecule has 4 nitrogen and oxygen atoms in total. The molecule has 1 aliphatic carbocycles. The molecule has 6 heteroatoms. The number of nitrogens with zero attached hydrogens (tertiary/aromatic N) is 1. The summed E-state index contributed by atoms with van der Waals surface area (Å²) in [7, 11) is -1.17. The van der Waals surface area contributed by atoms with Crippen molar-refractivity contribution in [1.82, 2.24) is 4.98 Å². The van der Waals surface area contributed by atoms with E-state index in [0.717, 1.165) is 19.0 Å². The fourth-order valence-corrected chi connectivity index (χ4v) is 3.69. The molecule has 0 spiro atoms. The van der Waals surface area contributed by atoms with E-state index in [9.17, 15) is 13.4 Å².